The molecule has 0 aliphatic carbocycles. The van der Waals surface area contributed by atoms with E-state index in [1.54, 1.807) is 28.0 Å². The van der Waals surface area contributed by atoms with Gasteiger partial charge < -0.3 is 9.80 Å². The lowest BCUT2D eigenvalue weighted by molar-refractivity contribution is -0.144. The number of nitrogens with zero attached hydrogens (tertiary/aromatic N) is 2. The second-order valence-electron chi connectivity index (χ2n) is 8.54. The number of rotatable bonds is 4. The van der Waals surface area contributed by atoms with Crippen LogP contribution in [0.25, 0.3) is 6.08 Å². The van der Waals surface area contributed by atoms with Gasteiger partial charge in [-0.15, -0.1) is 0 Å². The SMILES string of the molecule is O=C(C=Cc1cccc(F)c1)N1CC[C@H]2[C@H](CCC(=O)N2Cc2ccc(C(F)(F)F)cc2)C1. The van der Waals surface area contributed by atoms with E-state index >= 15 is 0 Å². The molecule has 4 nitrogen and oxygen atoms in total. The molecule has 0 unspecified atom stereocenters. The molecule has 0 N–H and O–H groups in total. The van der Waals surface area contributed by atoms with E-state index in [0.29, 0.717) is 43.5 Å². The van der Waals surface area contributed by atoms with Crippen LogP contribution in [0, 0.1) is 11.7 Å². The van der Waals surface area contributed by atoms with Crippen LogP contribution in [0.3, 0.4) is 0 Å². The number of carbonyl (C=O) groups excluding carboxylic acids is 2. The fourth-order valence-electron chi connectivity index (χ4n) is 4.64. The fraction of sp³-hybridized carbons (Fsp3) is 0.360. The van der Waals surface area contributed by atoms with Crippen LogP contribution in [0.1, 0.15) is 36.0 Å². The second kappa shape index (κ2) is 9.37. The lowest BCUT2D eigenvalue weighted by Gasteiger charge is -2.47. The standard InChI is InChI=1S/C25H24F4N2O2/c26-21-3-1-2-17(14-21)6-10-23(32)30-13-12-22-19(16-30)7-11-24(33)31(22)15-18-4-8-20(9-5-18)25(27,28)29/h1-6,8-10,14,19,22H,7,11-13,15-16H2/t19-,22+/m1/s1. The Bertz CT molecular complexity index is 1050. The van der Waals surface area contributed by atoms with Crippen molar-refractivity contribution >= 4 is 17.9 Å². The molecule has 8 heteroatoms. The number of likely N-dealkylation sites (tertiary alicyclic amines) is 2. The molecule has 2 aromatic carbocycles. The molecule has 2 amide bonds. The van der Waals surface area contributed by atoms with E-state index in [2.05, 4.69) is 0 Å². The Morgan fingerprint density at radius 1 is 1.09 bits per heavy atom. The highest BCUT2D eigenvalue weighted by atomic mass is 19.4. The van der Waals surface area contributed by atoms with Gasteiger partial charge in [-0.25, -0.2) is 4.39 Å². The van der Waals surface area contributed by atoms with Gasteiger partial charge in [0, 0.05) is 38.2 Å². The first-order chi connectivity index (χ1) is 15.7. The topological polar surface area (TPSA) is 40.6 Å². The van der Waals surface area contributed by atoms with Gasteiger partial charge in [0.15, 0.2) is 0 Å². The maximum atomic E-state index is 13.3. The van der Waals surface area contributed by atoms with Crippen LogP contribution in [-0.2, 0) is 22.3 Å². The number of halogens is 4. The molecule has 2 aliphatic heterocycles. The molecule has 2 aliphatic rings. The van der Waals surface area contributed by atoms with Crippen LogP contribution in [0.2, 0.25) is 0 Å². The molecule has 0 bridgehead atoms. The number of alkyl halides is 3. The van der Waals surface area contributed by atoms with E-state index in [9.17, 15) is 27.2 Å². The first kappa shape index (κ1) is 23.0. The third-order valence-electron chi connectivity index (χ3n) is 6.36. The third kappa shape index (κ3) is 5.43. The molecule has 2 saturated heterocycles. The monoisotopic (exact) mass is 460 g/mol. The Morgan fingerprint density at radius 2 is 1.85 bits per heavy atom. The number of piperidine rings is 2. The van der Waals surface area contributed by atoms with Crippen molar-refractivity contribution in [2.45, 2.75) is 38.0 Å². The van der Waals surface area contributed by atoms with E-state index in [1.807, 2.05) is 0 Å². The average Bonchev–Trinajstić information content (AvgIpc) is 2.79. The molecule has 2 fully saturated rings. The quantitative estimate of drug-likeness (QED) is 0.481. The first-order valence-corrected chi connectivity index (χ1v) is 10.9. The van der Waals surface area contributed by atoms with Crippen LogP contribution in [0.5, 0.6) is 0 Å². The minimum atomic E-state index is -4.40. The molecule has 2 heterocycles. The van der Waals surface area contributed by atoms with Gasteiger partial charge in [-0.05, 0) is 60.2 Å². The van der Waals surface area contributed by atoms with Gasteiger partial charge in [0.1, 0.15) is 5.82 Å². The number of hydrogen-bond donors (Lipinski definition) is 0. The maximum Gasteiger partial charge on any atom is 0.416 e. The van der Waals surface area contributed by atoms with Crippen molar-refractivity contribution in [2.24, 2.45) is 5.92 Å². The van der Waals surface area contributed by atoms with Crippen molar-refractivity contribution < 1.29 is 27.2 Å². The van der Waals surface area contributed by atoms with Crippen molar-refractivity contribution in [3.8, 4) is 0 Å². The predicted octanol–water partition coefficient (Wildman–Crippen LogP) is 4.90. The van der Waals surface area contributed by atoms with Crippen LogP contribution in [-0.4, -0.2) is 40.7 Å². The Balaban J connectivity index is 1.40. The molecule has 0 spiro atoms. The number of fused-ring (bicyclic) bond motifs is 1. The Morgan fingerprint density at radius 3 is 2.55 bits per heavy atom. The van der Waals surface area contributed by atoms with Gasteiger partial charge in [0.05, 0.1) is 5.56 Å². The maximum absolute atomic E-state index is 13.3. The summed E-state index contributed by atoms with van der Waals surface area (Å²) in [5, 5.41) is 0. The summed E-state index contributed by atoms with van der Waals surface area (Å²) in [5.41, 5.74) is 0.532. The van der Waals surface area contributed by atoms with Gasteiger partial charge in [0.2, 0.25) is 11.8 Å². The number of amides is 2. The molecule has 4 rings (SSSR count). The Kier molecular flexibility index (Phi) is 6.54. The van der Waals surface area contributed by atoms with Gasteiger partial charge in [-0.1, -0.05) is 24.3 Å². The summed E-state index contributed by atoms with van der Waals surface area (Å²) in [4.78, 5) is 28.7. The normalized spacial score (nSPS) is 21.4. The Hall–Kier alpha value is -3.16. The summed E-state index contributed by atoms with van der Waals surface area (Å²) in [6.07, 6.45) is 0.249. The van der Waals surface area contributed by atoms with Gasteiger partial charge in [-0.2, -0.15) is 13.2 Å². The zero-order valence-electron chi connectivity index (χ0n) is 17.9. The lowest BCUT2D eigenvalue weighted by atomic mass is 9.83. The molecule has 2 aromatic rings. The highest BCUT2D eigenvalue weighted by Gasteiger charge is 2.40. The number of benzene rings is 2. The molecule has 0 saturated carbocycles. The first-order valence-electron chi connectivity index (χ1n) is 10.9. The summed E-state index contributed by atoms with van der Waals surface area (Å²) in [6.45, 7) is 1.24. The largest absolute Gasteiger partial charge is 0.416 e. The van der Waals surface area contributed by atoms with Crippen LogP contribution in [0.15, 0.2) is 54.6 Å². The molecular weight excluding hydrogens is 436 g/mol. The Labute approximate surface area is 189 Å². The van der Waals surface area contributed by atoms with E-state index in [0.717, 1.165) is 12.1 Å². The van der Waals surface area contributed by atoms with Crippen molar-refractivity contribution in [3.05, 3.63) is 77.1 Å². The summed E-state index contributed by atoms with van der Waals surface area (Å²) in [6, 6.07) is 10.8. The minimum absolute atomic E-state index is 0.0121. The third-order valence-corrected chi connectivity index (χ3v) is 6.36. The number of hydrogen-bond acceptors (Lipinski definition) is 2. The molecule has 0 radical (unpaired) electrons. The van der Waals surface area contributed by atoms with E-state index < -0.39 is 11.7 Å². The van der Waals surface area contributed by atoms with Crippen LogP contribution in [0.4, 0.5) is 17.6 Å². The summed E-state index contributed by atoms with van der Waals surface area (Å²) in [7, 11) is 0. The summed E-state index contributed by atoms with van der Waals surface area (Å²) in [5.74, 6) is -0.436. The summed E-state index contributed by atoms with van der Waals surface area (Å²) < 4.78 is 51.8. The van der Waals surface area contributed by atoms with Gasteiger partial charge >= 0.3 is 6.18 Å². The molecule has 0 aromatic heterocycles. The van der Waals surface area contributed by atoms with Crippen molar-refractivity contribution in [2.75, 3.05) is 13.1 Å². The molecular formula is C25H24F4N2O2. The highest BCUT2D eigenvalue weighted by molar-refractivity contribution is 5.92. The fourth-order valence-corrected chi connectivity index (χ4v) is 4.64. The van der Waals surface area contributed by atoms with Crippen molar-refractivity contribution in [1.29, 1.82) is 0 Å². The minimum Gasteiger partial charge on any atom is -0.339 e. The predicted molar refractivity (Wildman–Crippen MR) is 115 cm³/mol. The van der Waals surface area contributed by atoms with Crippen LogP contribution >= 0.6 is 0 Å². The molecule has 2 atom stereocenters. The highest BCUT2D eigenvalue weighted by Crippen LogP contribution is 2.33. The van der Waals surface area contributed by atoms with Crippen molar-refractivity contribution in [3.63, 3.8) is 0 Å². The zero-order chi connectivity index (χ0) is 23.6. The van der Waals surface area contributed by atoms with Gasteiger partial charge in [0.25, 0.3) is 0 Å². The van der Waals surface area contributed by atoms with E-state index in [4.69, 9.17) is 0 Å². The number of carbonyl (C=O) groups is 2. The molecule has 174 valence electrons. The van der Waals surface area contributed by atoms with Gasteiger partial charge in [-0.3, -0.25) is 9.59 Å². The van der Waals surface area contributed by atoms with E-state index in [-0.39, 0.29) is 36.1 Å². The lowest BCUT2D eigenvalue weighted by Crippen LogP contribution is -2.56. The van der Waals surface area contributed by atoms with Crippen molar-refractivity contribution in [1.82, 2.24) is 9.80 Å². The van der Waals surface area contributed by atoms with E-state index in [1.165, 1.54) is 30.3 Å². The molecule has 33 heavy (non-hydrogen) atoms. The smallest absolute Gasteiger partial charge is 0.339 e. The summed E-state index contributed by atoms with van der Waals surface area (Å²) >= 11 is 0. The zero-order valence-corrected chi connectivity index (χ0v) is 17.9. The average molecular weight is 460 g/mol. The van der Waals surface area contributed by atoms with Crippen LogP contribution < -0.4 is 0 Å². The second-order valence-corrected chi connectivity index (χ2v) is 8.54.